The normalized spacial score (nSPS) is 21.7. The molecule has 1 aliphatic rings. The van der Waals surface area contributed by atoms with Crippen molar-refractivity contribution in [1.82, 2.24) is 15.5 Å². The zero-order chi connectivity index (χ0) is 12.0. The highest BCUT2D eigenvalue weighted by Crippen LogP contribution is 2.14. The zero-order valence-corrected chi connectivity index (χ0v) is 9.66. The molecule has 0 aromatic heterocycles. The molecule has 3 amide bonds. The van der Waals surface area contributed by atoms with Crippen LogP contribution in [0, 0.1) is 5.92 Å². The van der Waals surface area contributed by atoms with Crippen LogP contribution in [0.1, 0.15) is 12.8 Å². The highest BCUT2D eigenvalue weighted by atomic mass is 16.2. The van der Waals surface area contributed by atoms with Crippen LogP contribution >= 0.6 is 0 Å². The van der Waals surface area contributed by atoms with Gasteiger partial charge in [-0.25, -0.2) is 4.79 Å². The molecule has 1 aliphatic heterocycles. The summed E-state index contributed by atoms with van der Waals surface area (Å²) in [6.07, 6.45) is 2.28. The minimum atomic E-state index is -0.784. The van der Waals surface area contributed by atoms with Gasteiger partial charge in [0, 0.05) is 6.54 Å². The van der Waals surface area contributed by atoms with E-state index in [-0.39, 0.29) is 12.5 Å². The van der Waals surface area contributed by atoms with E-state index in [0.29, 0.717) is 5.92 Å². The van der Waals surface area contributed by atoms with Gasteiger partial charge in [0.15, 0.2) is 0 Å². The molecule has 1 saturated heterocycles. The first-order valence-corrected chi connectivity index (χ1v) is 5.58. The Hall–Kier alpha value is -1.14. The summed E-state index contributed by atoms with van der Waals surface area (Å²) in [6.45, 7) is 3.02. The molecule has 1 heterocycles. The van der Waals surface area contributed by atoms with E-state index in [1.807, 2.05) is 7.05 Å². The molecular formula is C10H20N4O2. The van der Waals surface area contributed by atoms with E-state index in [1.54, 1.807) is 0 Å². The van der Waals surface area contributed by atoms with Gasteiger partial charge in [-0.15, -0.1) is 0 Å². The van der Waals surface area contributed by atoms with Gasteiger partial charge in [0.05, 0.1) is 6.54 Å². The third-order valence-electron chi connectivity index (χ3n) is 2.73. The first-order valence-electron chi connectivity index (χ1n) is 5.58. The third kappa shape index (κ3) is 4.59. The van der Waals surface area contributed by atoms with Gasteiger partial charge in [-0.2, -0.15) is 0 Å². The number of carbonyl (C=O) groups excluding carboxylic acids is 2. The van der Waals surface area contributed by atoms with E-state index < -0.39 is 6.03 Å². The number of piperidine rings is 1. The molecule has 0 radical (unpaired) electrons. The molecule has 1 rings (SSSR count). The molecule has 6 heteroatoms. The Balaban J connectivity index is 2.31. The number of nitrogens with two attached hydrogens (primary N) is 1. The molecule has 0 spiro atoms. The fourth-order valence-corrected chi connectivity index (χ4v) is 2.13. The van der Waals surface area contributed by atoms with Crippen LogP contribution in [0.15, 0.2) is 0 Å². The van der Waals surface area contributed by atoms with Crippen molar-refractivity contribution in [1.29, 1.82) is 0 Å². The van der Waals surface area contributed by atoms with Crippen molar-refractivity contribution in [3.63, 3.8) is 0 Å². The SMILES string of the molecule is CNCC1CCCN(CC(=O)NC(N)=O)C1. The number of imide groups is 1. The Morgan fingerprint density at radius 2 is 2.25 bits per heavy atom. The second kappa shape index (κ2) is 6.44. The monoisotopic (exact) mass is 228 g/mol. The summed E-state index contributed by atoms with van der Waals surface area (Å²) in [5, 5.41) is 5.22. The summed E-state index contributed by atoms with van der Waals surface area (Å²) in [7, 11) is 1.93. The van der Waals surface area contributed by atoms with E-state index in [2.05, 4.69) is 15.5 Å². The fourth-order valence-electron chi connectivity index (χ4n) is 2.13. The van der Waals surface area contributed by atoms with Crippen LogP contribution in [0.5, 0.6) is 0 Å². The van der Waals surface area contributed by atoms with Gasteiger partial charge in [-0.05, 0) is 38.9 Å². The summed E-state index contributed by atoms with van der Waals surface area (Å²) >= 11 is 0. The highest BCUT2D eigenvalue weighted by Gasteiger charge is 2.21. The van der Waals surface area contributed by atoms with Crippen molar-refractivity contribution in [3.8, 4) is 0 Å². The summed E-state index contributed by atoms with van der Waals surface area (Å²) in [5.74, 6) is 0.262. The number of carbonyl (C=O) groups is 2. The van der Waals surface area contributed by atoms with E-state index >= 15 is 0 Å². The fraction of sp³-hybridized carbons (Fsp3) is 0.800. The van der Waals surface area contributed by atoms with Crippen LogP contribution in [-0.2, 0) is 4.79 Å². The molecule has 16 heavy (non-hydrogen) atoms. The molecule has 0 bridgehead atoms. The summed E-state index contributed by atoms with van der Waals surface area (Å²) < 4.78 is 0. The van der Waals surface area contributed by atoms with Gasteiger partial charge in [0.2, 0.25) is 5.91 Å². The van der Waals surface area contributed by atoms with Crippen molar-refractivity contribution < 1.29 is 9.59 Å². The molecule has 0 saturated carbocycles. The molecule has 0 aliphatic carbocycles. The quantitative estimate of drug-likeness (QED) is 0.582. The van der Waals surface area contributed by atoms with Gasteiger partial charge < -0.3 is 11.1 Å². The Labute approximate surface area is 95.5 Å². The van der Waals surface area contributed by atoms with Gasteiger partial charge in [-0.1, -0.05) is 0 Å². The van der Waals surface area contributed by atoms with Crippen LogP contribution in [0.3, 0.4) is 0 Å². The average Bonchev–Trinajstić information content (AvgIpc) is 2.17. The molecule has 1 unspecified atom stereocenters. The number of hydrogen-bond acceptors (Lipinski definition) is 4. The molecule has 1 atom stereocenters. The van der Waals surface area contributed by atoms with Crippen LogP contribution in [0.25, 0.3) is 0 Å². The minimum Gasteiger partial charge on any atom is -0.351 e. The molecule has 0 aromatic carbocycles. The second-order valence-electron chi connectivity index (χ2n) is 4.21. The second-order valence-corrected chi connectivity index (χ2v) is 4.21. The maximum atomic E-state index is 11.3. The Morgan fingerprint density at radius 3 is 2.88 bits per heavy atom. The van der Waals surface area contributed by atoms with Crippen molar-refractivity contribution in [2.75, 3.05) is 33.2 Å². The number of nitrogens with one attached hydrogen (secondary N) is 2. The molecule has 0 aromatic rings. The highest BCUT2D eigenvalue weighted by molar-refractivity contribution is 5.94. The van der Waals surface area contributed by atoms with Crippen LogP contribution in [0.2, 0.25) is 0 Å². The van der Waals surface area contributed by atoms with Gasteiger partial charge in [0.25, 0.3) is 0 Å². The molecule has 6 nitrogen and oxygen atoms in total. The number of nitrogens with zero attached hydrogens (tertiary/aromatic N) is 1. The average molecular weight is 228 g/mol. The maximum Gasteiger partial charge on any atom is 0.318 e. The third-order valence-corrected chi connectivity index (χ3v) is 2.73. The minimum absolute atomic E-state index is 0.253. The van der Waals surface area contributed by atoms with Gasteiger partial charge in [0.1, 0.15) is 0 Å². The smallest absolute Gasteiger partial charge is 0.318 e. The van der Waals surface area contributed by atoms with E-state index in [1.165, 1.54) is 6.42 Å². The van der Waals surface area contributed by atoms with Crippen molar-refractivity contribution >= 4 is 11.9 Å². The largest absolute Gasteiger partial charge is 0.351 e. The zero-order valence-electron chi connectivity index (χ0n) is 9.66. The van der Waals surface area contributed by atoms with Crippen molar-refractivity contribution in [2.45, 2.75) is 12.8 Å². The van der Waals surface area contributed by atoms with E-state index in [9.17, 15) is 9.59 Å². The number of amides is 3. The van der Waals surface area contributed by atoms with Crippen LogP contribution < -0.4 is 16.4 Å². The van der Waals surface area contributed by atoms with Gasteiger partial charge >= 0.3 is 6.03 Å². The molecular weight excluding hydrogens is 208 g/mol. The number of hydrogen-bond donors (Lipinski definition) is 3. The van der Waals surface area contributed by atoms with Crippen LogP contribution in [0.4, 0.5) is 4.79 Å². The number of urea groups is 1. The summed E-state index contributed by atoms with van der Waals surface area (Å²) in [4.78, 5) is 23.9. The predicted octanol–water partition coefficient (Wildman–Crippen LogP) is -0.887. The van der Waals surface area contributed by atoms with E-state index in [0.717, 1.165) is 26.1 Å². The lowest BCUT2D eigenvalue weighted by Crippen LogP contribution is -2.46. The molecule has 1 fully saturated rings. The Bertz CT molecular complexity index is 255. The Morgan fingerprint density at radius 1 is 1.50 bits per heavy atom. The first kappa shape index (κ1) is 12.9. The van der Waals surface area contributed by atoms with E-state index in [4.69, 9.17) is 5.73 Å². The van der Waals surface area contributed by atoms with Crippen LogP contribution in [-0.4, -0.2) is 50.1 Å². The number of rotatable bonds is 4. The predicted molar refractivity (Wildman–Crippen MR) is 60.8 cm³/mol. The topological polar surface area (TPSA) is 87.5 Å². The molecule has 4 N–H and O–H groups in total. The summed E-state index contributed by atoms with van der Waals surface area (Å²) in [6, 6.07) is -0.784. The number of likely N-dealkylation sites (tertiary alicyclic amines) is 1. The lowest BCUT2D eigenvalue weighted by atomic mass is 9.98. The van der Waals surface area contributed by atoms with Crippen molar-refractivity contribution in [3.05, 3.63) is 0 Å². The number of primary amides is 1. The lowest BCUT2D eigenvalue weighted by Gasteiger charge is -2.31. The maximum absolute atomic E-state index is 11.3. The molecule has 92 valence electrons. The lowest BCUT2D eigenvalue weighted by molar-refractivity contribution is -0.121. The van der Waals surface area contributed by atoms with Crippen molar-refractivity contribution in [2.24, 2.45) is 11.7 Å². The Kier molecular flexibility index (Phi) is 5.21. The first-order chi connectivity index (χ1) is 7.61. The summed E-state index contributed by atoms with van der Waals surface area (Å²) in [5.41, 5.74) is 4.87. The standard InChI is InChI=1S/C10H20N4O2/c1-12-5-8-3-2-4-14(6-8)7-9(15)13-10(11)16/h8,12H,2-7H2,1H3,(H3,11,13,15,16). The van der Waals surface area contributed by atoms with Gasteiger partial charge in [-0.3, -0.25) is 15.0 Å².